The van der Waals surface area contributed by atoms with Gasteiger partial charge in [0, 0.05) is 5.54 Å². The molecule has 1 heterocycles. The molecular weight excluding hydrogens is 366 g/mol. The average molecular weight is 382 g/mol. The molecule has 5 nitrogen and oxygen atoms in total. The van der Waals surface area contributed by atoms with Crippen LogP contribution in [0.1, 0.15) is 38.5 Å². The van der Waals surface area contributed by atoms with Crippen molar-refractivity contribution in [1.29, 1.82) is 0 Å². The molecule has 0 unspecified atom stereocenters. The smallest absolute Gasteiger partial charge is 0.305 e. The first-order valence-corrected chi connectivity index (χ1v) is 9.43. The van der Waals surface area contributed by atoms with E-state index in [2.05, 4.69) is 20.7 Å². The van der Waals surface area contributed by atoms with Crippen LogP contribution in [-0.4, -0.2) is 25.0 Å². The van der Waals surface area contributed by atoms with Crippen molar-refractivity contribution in [1.82, 2.24) is 4.72 Å². The number of thiophene rings is 1. The normalized spacial score (nSPS) is 18.9. The van der Waals surface area contributed by atoms with Gasteiger partial charge in [-0.15, -0.1) is 11.3 Å². The van der Waals surface area contributed by atoms with Gasteiger partial charge in [0.2, 0.25) is 0 Å². The summed E-state index contributed by atoms with van der Waals surface area (Å²) < 4.78 is 28.4. The molecule has 0 saturated heterocycles. The Labute approximate surface area is 130 Å². The molecule has 1 aromatic rings. The van der Waals surface area contributed by atoms with Gasteiger partial charge in [-0.05, 0) is 40.9 Å². The molecule has 0 atom stereocenters. The molecule has 2 N–H and O–H groups in total. The third-order valence-electron chi connectivity index (χ3n) is 3.46. The summed E-state index contributed by atoms with van der Waals surface area (Å²) in [6.07, 6.45) is 3.70. The van der Waals surface area contributed by atoms with Gasteiger partial charge < -0.3 is 5.11 Å². The summed E-state index contributed by atoms with van der Waals surface area (Å²) in [5.74, 6) is -0.970. The van der Waals surface area contributed by atoms with E-state index in [0.717, 1.165) is 34.4 Å². The first-order chi connectivity index (χ1) is 9.33. The number of carboxylic acids is 1. The Hall–Kier alpha value is -0.440. The van der Waals surface area contributed by atoms with Crippen molar-refractivity contribution in [2.24, 2.45) is 0 Å². The molecule has 20 heavy (non-hydrogen) atoms. The molecule has 1 aliphatic carbocycles. The van der Waals surface area contributed by atoms with Crippen LogP contribution in [0.25, 0.3) is 0 Å². The van der Waals surface area contributed by atoms with Crippen LogP contribution in [0.4, 0.5) is 0 Å². The van der Waals surface area contributed by atoms with Crippen LogP contribution in [0, 0.1) is 0 Å². The number of sulfonamides is 1. The van der Waals surface area contributed by atoms with Crippen LogP contribution < -0.4 is 4.72 Å². The number of carbonyl (C=O) groups is 1. The quantitative estimate of drug-likeness (QED) is 0.820. The summed E-state index contributed by atoms with van der Waals surface area (Å²) in [5.41, 5.74) is -0.848. The molecule has 2 rings (SSSR count). The van der Waals surface area contributed by atoms with Gasteiger partial charge in [-0.2, -0.15) is 0 Å². The Morgan fingerprint density at radius 3 is 2.50 bits per heavy atom. The lowest BCUT2D eigenvalue weighted by Crippen LogP contribution is -2.50. The summed E-state index contributed by atoms with van der Waals surface area (Å²) in [6.45, 7) is 0. The van der Waals surface area contributed by atoms with Gasteiger partial charge in [0.05, 0.1) is 10.2 Å². The number of rotatable bonds is 5. The minimum atomic E-state index is -3.67. The van der Waals surface area contributed by atoms with Crippen molar-refractivity contribution in [2.45, 2.75) is 48.3 Å². The summed E-state index contributed by atoms with van der Waals surface area (Å²) in [7, 11) is -3.67. The molecule has 0 aliphatic heterocycles. The number of hydrogen-bond acceptors (Lipinski definition) is 4. The molecule has 1 aromatic heterocycles. The summed E-state index contributed by atoms with van der Waals surface area (Å²) in [5, 5.41) is 9.06. The van der Waals surface area contributed by atoms with Gasteiger partial charge in [-0.25, -0.2) is 13.1 Å². The second-order valence-electron chi connectivity index (χ2n) is 5.08. The number of carboxylic acid groups (broad SMARTS) is 1. The lowest BCUT2D eigenvalue weighted by Gasteiger charge is -2.36. The predicted molar refractivity (Wildman–Crippen MR) is 80.4 cm³/mol. The lowest BCUT2D eigenvalue weighted by atomic mass is 9.80. The Balaban J connectivity index is 2.25. The Morgan fingerprint density at radius 1 is 1.35 bits per heavy atom. The molecular formula is C12H16BrNO4S2. The van der Waals surface area contributed by atoms with Crippen LogP contribution in [0.2, 0.25) is 0 Å². The zero-order valence-corrected chi connectivity index (χ0v) is 14.0. The third kappa shape index (κ3) is 3.81. The fourth-order valence-corrected chi connectivity index (χ4v) is 6.08. The van der Waals surface area contributed by atoms with Crippen LogP contribution in [0.3, 0.4) is 0 Å². The van der Waals surface area contributed by atoms with E-state index < -0.39 is 21.5 Å². The van der Waals surface area contributed by atoms with Gasteiger partial charge in [0.1, 0.15) is 4.21 Å². The maximum absolute atomic E-state index is 12.4. The van der Waals surface area contributed by atoms with Crippen molar-refractivity contribution < 1.29 is 18.3 Å². The van der Waals surface area contributed by atoms with Crippen LogP contribution in [0.15, 0.2) is 20.1 Å². The van der Waals surface area contributed by atoms with E-state index in [-0.39, 0.29) is 10.6 Å². The molecule has 0 spiro atoms. The predicted octanol–water partition coefficient (Wildman–Crippen LogP) is 2.97. The molecule has 1 fully saturated rings. The highest BCUT2D eigenvalue weighted by Gasteiger charge is 2.38. The van der Waals surface area contributed by atoms with Crippen molar-refractivity contribution >= 4 is 43.3 Å². The standard InChI is InChI=1S/C12H16BrNO4S2/c13-9-4-5-11(19-9)20(17,18)14-12(8-10(15)16)6-2-1-3-7-12/h4-5,14H,1-3,6-8H2,(H,15,16). The van der Waals surface area contributed by atoms with Gasteiger partial charge in [-0.1, -0.05) is 19.3 Å². The fraction of sp³-hybridized carbons (Fsp3) is 0.583. The number of halogens is 1. The average Bonchev–Trinajstić information content (AvgIpc) is 2.76. The first kappa shape index (κ1) is 15.9. The molecule has 8 heteroatoms. The summed E-state index contributed by atoms with van der Waals surface area (Å²) in [4.78, 5) is 11.1. The van der Waals surface area contributed by atoms with Gasteiger partial charge in [-0.3, -0.25) is 4.79 Å². The van der Waals surface area contributed by atoms with Crippen molar-refractivity contribution in [2.75, 3.05) is 0 Å². The number of aliphatic carboxylic acids is 1. The molecule has 0 amide bonds. The topological polar surface area (TPSA) is 83.5 Å². The van der Waals surface area contributed by atoms with E-state index in [0.29, 0.717) is 12.8 Å². The van der Waals surface area contributed by atoms with E-state index in [1.165, 1.54) is 6.07 Å². The van der Waals surface area contributed by atoms with E-state index >= 15 is 0 Å². The second-order valence-corrected chi connectivity index (χ2v) is 9.45. The Kier molecular flexibility index (Phi) is 4.88. The Morgan fingerprint density at radius 2 is 2.00 bits per heavy atom. The first-order valence-electron chi connectivity index (χ1n) is 6.34. The largest absolute Gasteiger partial charge is 0.481 e. The second kappa shape index (κ2) is 6.13. The van der Waals surface area contributed by atoms with Gasteiger partial charge >= 0.3 is 5.97 Å². The van der Waals surface area contributed by atoms with E-state index in [1.54, 1.807) is 6.07 Å². The van der Waals surface area contributed by atoms with Crippen LogP contribution in [0.5, 0.6) is 0 Å². The highest BCUT2D eigenvalue weighted by atomic mass is 79.9. The minimum absolute atomic E-state index is 0.168. The molecule has 112 valence electrons. The number of nitrogens with one attached hydrogen (secondary N) is 1. The Bertz CT molecular complexity index is 590. The maximum atomic E-state index is 12.4. The van der Waals surface area contributed by atoms with Gasteiger partial charge in [0.25, 0.3) is 10.0 Å². The monoisotopic (exact) mass is 381 g/mol. The highest BCUT2D eigenvalue weighted by Crippen LogP contribution is 2.34. The lowest BCUT2D eigenvalue weighted by molar-refractivity contribution is -0.138. The molecule has 0 aromatic carbocycles. The maximum Gasteiger partial charge on any atom is 0.305 e. The van der Waals surface area contributed by atoms with Crippen LogP contribution >= 0.6 is 27.3 Å². The SMILES string of the molecule is O=C(O)CC1(NS(=O)(=O)c2ccc(Br)s2)CCCCC1. The molecule has 0 bridgehead atoms. The summed E-state index contributed by atoms with van der Waals surface area (Å²) in [6, 6.07) is 3.19. The van der Waals surface area contributed by atoms with Gasteiger partial charge in [0.15, 0.2) is 0 Å². The summed E-state index contributed by atoms with van der Waals surface area (Å²) >= 11 is 4.36. The van der Waals surface area contributed by atoms with E-state index in [4.69, 9.17) is 5.11 Å². The molecule has 0 radical (unpaired) electrons. The third-order valence-corrected chi connectivity index (χ3v) is 7.16. The molecule has 1 aliphatic rings. The highest BCUT2D eigenvalue weighted by molar-refractivity contribution is 9.11. The van der Waals surface area contributed by atoms with Crippen molar-refractivity contribution in [3.63, 3.8) is 0 Å². The minimum Gasteiger partial charge on any atom is -0.481 e. The zero-order chi connectivity index (χ0) is 14.8. The van der Waals surface area contributed by atoms with E-state index in [9.17, 15) is 13.2 Å². The van der Waals surface area contributed by atoms with Crippen LogP contribution in [-0.2, 0) is 14.8 Å². The molecule has 1 saturated carbocycles. The number of hydrogen-bond donors (Lipinski definition) is 2. The van der Waals surface area contributed by atoms with E-state index in [1.807, 2.05) is 0 Å². The fourth-order valence-electron chi connectivity index (χ4n) is 2.61. The van der Waals surface area contributed by atoms with Crippen molar-refractivity contribution in [3.8, 4) is 0 Å². The van der Waals surface area contributed by atoms with Crippen molar-refractivity contribution in [3.05, 3.63) is 15.9 Å². The zero-order valence-electron chi connectivity index (χ0n) is 10.8.